The highest BCUT2D eigenvalue weighted by Gasteiger charge is 2.39. The first-order valence-corrected chi connectivity index (χ1v) is 8.62. The van der Waals surface area contributed by atoms with Crippen molar-refractivity contribution in [1.29, 1.82) is 0 Å². The van der Waals surface area contributed by atoms with Crippen molar-refractivity contribution in [3.8, 4) is 17.0 Å². The topological polar surface area (TPSA) is 71.2 Å². The maximum atomic E-state index is 12.9. The number of benzene rings is 1. The van der Waals surface area contributed by atoms with Crippen LogP contribution in [0.15, 0.2) is 30.5 Å². The molecule has 1 saturated carbocycles. The van der Waals surface area contributed by atoms with Gasteiger partial charge < -0.3 is 10.2 Å². The summed E-state index contributed by atoms with van der Waals surface area (Å²) >= 11 is 0. The second-order valence-electron chi connectivity index (χ2n) is 7.10. The van der Waals surface area contributed by atoms with E-state index in [9.17, 15) is 23.4 Å². The van der Waals surface area contributed by atoms with Gasteiger partial charge in [-0.15, -0.1) is 0 Å². The van der Waals surface area contributed by atoms with Gasteiger partial charge in [0, 0.05) is 17.1 Å². The Labute approximate surface area is 153 Å². The molecular weight excluding hydrogens is 359 g/mol. The minimum absolute atomic E-state index is 0.00730. The fraction of sp³-hybridized carbons (Fsp3) is 0.368. The molecule has 0 saturated heterocycles. The van der Waals surface area contributed by atoms with Crippen LogP contribution in [0.5, 0.6) is 5.75 Å². The SMILES string of the molecule is Cc1cc(C(F)(F)F)cc(O)c1-c1ccc2cn(C3(CO)CCC3)nc2n1. The number of rotatable bonds is 3. The Hall–Kier alpha value is -2.61. The largest absolute Gasteiger partial charge is 0.507 e. The molecule has 1 aliphatic carbocycles. The molecule has 0 radical (unpaired) electrons. The number of fused-ring (bicyclic) bond motifs is 1. The van der Waals surface area contributed by atoms with E-state index in [1.54, 1.807) is 16.8 Å². The van der Waals surface area contributed by atoms with Gasteiger partial charge in [-0.2, -0.15) is 18.3 Å². The molecule has 1 fully saturated rings. The molecule has 0 spiro atoms. The molecule has 1 aliphatic rings. The van der Waals surface area contributed by atoms with Crippen molar-refractivity contribution in [3.63, 3.8) is 0 Å². The minimum atomic E-state index is -4.53. The summed E-state index contributed by atoms with van der Waals surface area (Å²) in [5.74, 6) is -0.473. The number of aromatic nitrogens is 3. The summed E-state index contributed by atoms with van der Waals surface area (Å²) in [6.45, 7) is 1.50. The van der Waals surface area contributed by atoms with Gasteiger partial charge in [0.15, 0.2) is 5.65 Å². The van der Waals surface area contributed by atoms with Gasteiger partial charge in [-0.05, 0) is 56.0 Å². The van der Waals surface area contributed by atoms with Crippen molar-refractivity contribution in [3.05, 3.63) is 41.6 Å². The van der Waals surface area contributed by atoms with Crippen LogP contribution in [0.4, 0.5) is 13.2 Å². The van der Waals surface area contributed by atoms with Crippen LogP contribution in [0.2, 0.25) is 0 Å². The molecule has 27 heavy (non-hydrogen) atoms. The Balaban J connectivity index is 1.79. The predicted octanol–water partition coefficient (Wildman–Crippen LogP) is 4.00. The molecule has 2 heterocycles. The normalized spacial score (nSPS) is 16.5. The highest BCUT2D eigenvalue weighted by atomic mass is 19.4. The standard InChI is InChI=1S/C19H18F3N3O2/c1-11-7-13(19(20,21)22)8-15(27)16(11)14-4-3-12-9-25(24-17(12)23-14)18(10-26)5-2-6-18/h3-4,7-9,26-27H,2,5-6,10H2,1H3. The summed E-state index contributed by atoms with van der Waals surface area (Å²) in [6, 6.07) is 5.12. The number of pyridine rings is 1. The van der Waals surface area contributed by atoms with Crippen LogP contribution >= 0.6 is 0 Å². The molecule has 5 nitrogen and oxygen atoms in total. The molecule has 2 N–H and O–H groups in total. The summed E-state index contributed by atoms with van der Waals surface area (Å²) < 4.78 is 40.5. The smallest absolute Gasteiger partial charge is 0.416 e. The fourth-order valence-electron chi connectivity index (χ4n) is 3.59. The zero-order valence-electron chi connectivity index (χ0n) is 14.6. The van der Waals surface area contributed by atoms with Gasteiger partial charge in [0.05, 0.1) is 23.4 Å². The third-order valence-corrected chi connectivity index (χ3v) is 5.33. The Bertz CT molecular complexity index is 994. The van der Waals surface area contributed by atoms with E-state index in [1.165, 1.54) is 6.92 Å². The first kappa shape index (κ1) is 17.8. The van der Waals surface area contributed by atoms with Gasteiger partial charge in [0.25, 0.3) is 0 Å². The zero-order chi connectivity index (χ0) is 19.4. The number of halogens is 3. The van der Waals surface area contributed by atoms with Gasteiger partial charge in [-0.25, -0.2) is 4.98 Å². The molecule has 2 aromatic heterocycles. The zero-order valence-corrected chi connectivity index (χ0v) is 14.6. The van der Waals surface area contributed by atoms with Crippen LogP contribution in [-0.2, 0) is 11.7 Å². The number of phenolic OH excluding ortho intramolecular Hbond substituents is 1. The first-order chi connectivity index (χ1) is 12.7. The highest BCUT2D eigenvalue weighted by molar-refractivity contribution is 5.80. The summed E-state index contributed by atoms with van der Waals surface area (Å²) in [6.07, 6.45) is -0.0143. The van der Waals surface area contributed by atoms with Crippen molar-refractivity contribution in [2.24, 2.45) is 0 Å². The quantitative estimate of drug-likeness (QED) is 0.724. The third-order valence-electron chi connectivity index (χ3n) is 5.33. The van der Waals surface area contributed by atoms with Crippen molar-refractivity contribution < 1.29 is 23.4 Å². The second kappa shape index (κ2) is 5.95. The predicted molar refractivity (Wildman–Crippen MR) is 93.3 cm³/mol. The number of aliphatic hydroxyl groups excluding tert-OH is 1. The number of hydrogen-bond acceptors (Lipinski definition) is 4. The number of nitrogens with zero attached hydrogens (tertiary/aromatic N) is 3. The van der Waals surface area contributed by atoms with Gasteiger partial charge in [0.1, 0.15) is 5.75 Å². The van der Waals surface area contributed by atoms with Crippen LogP contribution in [-0.4, -0.2) is 31.6 Å². The van der Waals surface area contributed by atoms with Gasteiger partial charge in [-0.3, -0.25) is 4.68 Å². The Kier molecular flexibility index (Phi) is 3.92. The van der Waals surface area contributed by atoms with Crippen LogP contribution in [0, 0.1) is 6.92 Å². The van der Waals surface area contributed by atoms with E-state index in [4.69, 9.17) is 0 Å². The van der Waals surface area contributed by atoms with E-state index < -0.39 is 23.0 Å². The van der Waals surface area contributed by atoms with Gasteiger partial charge in [0.2, 0.25) is 0 Å². The lowest BCUT2D eigenvalue weighted by molar-refractivity contribution is -0.137. The second-order valence-corrected chi connectivity index (χ2v) is 7.10. The molecule has 0 unspecified atom stereocenters. The van der Waals surface area contributed by atoms with Crippen molar-refractivity contribution in [2.75, 3.05) is 6.61 Å². The molecule has 142 valence electrons. The Morgan fingerprint density at radius 2 is 1.96 bits per heavy atom. The number of hydrogen-bond donors (Lipinski definition) is 2. The van der Waals surface area contributed by atoms with E-state index >= 15 is 0 Å². The lowest BCUT2D eigenvalue weighted by atomic mass is 9.77. The van der Waals surface area contributed by atoms with E-state index in [-0.39, 0.29) is 17.7 Å². The van der Waals surface area contributed by atoms with Crippen LogP contribution in [0.3, 0.4) is 0 Å². The molecule has 1 aromatic carbocycles. The number of aliphatic hydroxyl groups is 1. The summed E-state index contributed by atoms with van der Waals surface area (Å²) in [4.78, 5) is 4.43. The maximum Gasteiger partial charge on any atom is 0.416 e. The molecule has 0 amide bonds. The lowest BCUT2D eigenvalue weighted by Crippen LogP contribution is -2.44. The van der Waals surface area contributed by atoms with Gasteiger partial charge in [-0.1, -0.05) is 0 Å². The number of aromatic hydroxyl groups is 1. The van der Waals surface area contributed by atoms with E-state index in [0.717, 1.165) is 30.7 Å². The molecular formula is C19H18F3N3O2. The van der Waals surface area contributed by atoms with E-state index in [1.807, 2.05) is 6.20 Å². The number of alkyl halides is 3. The van der Waals surface area contributed by atoms with Crippen molar-refractivity contribution in [2.45, 2.75) is 37.9 Å². The first-order valence-electron chi connectivity index (χ1n) is 8.62. The Morgan fingerprint density at radius 1 is 1.22 bits per heavy atom. The van der Waals surface area contributed by atoms with Crippen molar-refractivity contribution >= 4 is 11.0 Å². The maximum absolute atomic E-state index is 12.9. The molecule has 4 rings (SSSR count). The average molecular weight is 377 g/mol. The van der Waals surface area contributed by atoms with Crippen LogP contribution < -0.4 is 0 Å². The lowest BCUT2D eigenvalue weighted by Gasteiger charge is -2.40. The van der Waals surface area contributed by atoms with Crippen molar-refractivity contribution in [1.82, 2.24) is 14.8 Å². The minimum Gasteiger partial charge on any atom is -0.507 e. The molecule has 0 bridgehead atoms. The number of phenols is 1. The average Bonchev–Trinajstić information content (AvgIpc) is 2.96. The summed E-state index contributed by atoms with van der Waals surface area (Å²) in [5, 5.41) is 25.1. The van der Waals surface area contributed by atoms with Crippen LogP contribution in [0.1, 0.15) is 30.4 Å². The molecule has 0 atom stereocenters. The summed E-state index contributed by atoms with van der Waals surface area (Å²) in [5.41, 5.74) is 0.00252. The molecule has 3 aromatic rings. The molecule has 8 heteroatoms. The van der Waals surface area contributed by atoms with Crippen LogP contribution in [0.25, 0.3) is 22.3 Å². The number of aryl methyl sites for hydroxylation is 1. The monoisotopic (exact) mass is 377 g/mol. The van der Waals surface area contributed by atoms with Gasteiger partial charge >= 0.3 is 6.18 Å². The van der Waals surface area contributed by atoms with E-state index in [0.29, 0.717) is 17.4 Å². The Morgan fingerprint density at radius 3 is 2.52 bits per heavy atom. The molecule has 0 aliphatic heterocycles. The highest BCUT2D eigenvalue weighted by Crippen LogP contribution is 2.40. The summed E-state index contributed by atoms with van der Waals surface area (Å²) in [7, 11) is 0. The third kappa shape index (κ3) is 2.84. The fourth-order valence-corrected chi connectivity index (χ4v) is 3.59. The van der Waals surface area contributed by atoms with E-state index in [2.05, 4.69) is 10.1 Å².